The lowest BCUT2D eigenvalue weighted by molar-refractivity contribution is -0.119. The summed E-state index contributed by atoms with van der Waals surface area (Å²) in [4.78, 5) is 23.9. The van der Waals surface area contributed by atoms with Crippen molar-refractivity contribution < 1.29 is 18.8 Å². The minimum Gasteiger partial charge on any atom is -0.452 e. The molecule has 0 radical (unpaired) electrons. The van der Waals surface area contributed by atoms with E-state index >= 15 is 0 Å². The number of halogens is 1. The van der Waals surface area contributed by atoms with Crippen LogP contribution in [0.25, 0.3) is 5.69 Å². The first-order chi connectivity index (χ1) is 12.8. The largest absolute Gasteiger partial charge is 0.452 e. The second-order valence-corrected chi connectivity index (χ2v) is 6.27. The lowest BCUT2D eigenvalue weighted by Crippen LogP contribution is -2.21. The first kappa shape index (κ1) is 18.7. The fourth-order valence-electron chi connectivity index (χ4n) is 2.43. The highest BCUT2D eigenvalue weighted by Gasteiger charge is 2.14. The molecule has 27 heavy (non-hydrogen) atoms. The summed E-state index contributed by atoms with van der Waals surface area (Å²) in [6.07, 6.45) is 0. The van der Waals surface area contributed by atoms with Crippen LogP contribution in [-0.4, -0.2) is 33.4 Å². The van der Waals surface area contributed by atoms with Gasteiger partial charge in [-0.2, -0.15) is 5.10 Å². The Balaban J connectivity index is 1.60. The van der Waals surface area contributed by atoms with Gasteiger partial charge in [0.1, 0.15) is 5.76 Å². The highest BCUT2D eigenvalue weighted by molar-refractivity contribution is 6.31. The van der Waals surface area contributed by atoms with Gasteiger partial charge in [-0.1, -0.05) is 16.8 Å². The molecule has 0 aliphatic rings. The van der Waals surface area contributed by atoms with E-state index in [0.29, 0.717) is 16.3 Å². The molecule has 3 aromatic rings. The summed E-state index contributed by atoms with van der Waals surface area (Å²) in [5.74, 6) is -0.294. The third-order valence-electron chi connectivity index (χ3n) is 3.78. The van der Waals surface area contributed by atoms with Crippen molar-refractivity contribution >= 4 is 29.3 Å². The lowest BCUT2D eigenvalue weighted by Gasteiger charge is -2.07. The number of carbonyl (C=O) groups is 2. The van der Waals surface area contributed by atoms with Gasteiger partial charge in [-0.15, -0.1) is 0 Å². The zero-order chi connectivity index (χ0) is 19.6. The molecule has 0 atom stereocenters. The predicted molar refractivity (Wildman–Crippen MR) is 98.2 cm³/mol. The van der Waals surface area contributed by atoms with Crippen LogP contribution in [0.15, 0.2) is 34.9 Å². The molecule has 0 bridgehead atoms. The van der Waals surface area contributed by atoms with Crippen LogP contribution in [0.3, 0.4) is 0 Å². The number of hydrogen-bond donors (Lipinski definition) is 1. The van der Waals surface area contributed by atoms with E-state index in [0.717, 1.165) is 17.1 Å². The van der Waals surface area contributed by atoms with E-state index in [1.54, 1.807) is 41.9 Å². The topological polar surface area (TPSA) is 99.2 Å². The Hall–Kier alpha value is -3.13. The smallest absolute Gasteiger partial charge is 0.338 e. The number of carbonyl (C=O) groups excluding carboxylic acids is 2. The Morgan fingerprint density at radius 1 is 1.22 bits per heavy atom. The van der Waals surface area contributed by atoms with Crippen molar-refractivity contribution in [2.45, 2.75) is 20.8 Å². The molecule has 8 nitrogen and oxygen atoms in total. The number of anilines is 1. The van der Waals surface area contributed by atoms with Crippen molar-refractivity contribution in [1.82, 2.24) is 14.9 Å². The van der Waals surface area contributed by atoms with E-state index in [2.05, 4.69) is 15.6 Å². The number of hydrogen-bond acceptors (Lipinski definition) is 6. The van der Waals surface area contributed by atoms with Gasteiger partial charge in [0.15, 0.2) is 12.4 Å². The Labute approximate surface area is 160 Å². The van der Waals surface area contributed by atoms with Gasteiger partial charge in [-0.3, -0.25) is 4.79 Å². The number of aryl methyl sites for hydroxylation is 2. The second-order valence-electron chi connectivity index (χ2n) is 5.89. The van der Waals surface area contributed by atoms with Crippen LogP contribution in [0.5, 0.6) is 0 Å². The molecule has 3 rings (SSSR count). The number of aromatic nitrogens is 3. The minimum absolute atomic E-state index is 0.265. The van der Waals surface area contributed by atoms with Crippen LogP contribution in [-0.2, 0) is 9.53 Å². The fraction of sp³-hybridized carbons (Fsp3) is 0.222. The number of rotatable bonds is 5. The molecule has 1 aromatic carbocycles. The average Bonchev–Trinajstić information content (AvgIpc) is 3.17. The molecule has 0 aliphatic carbocycles. The fourth-order valence-corrected chi connectivity index (χ4v) is 2.55. The molecular formula is C18H17ClN4O4. The summed E-state index contributed by atoms with van der Waals surface area (Å²) >= 11 is 6.15. The standard InChI is InChI=1S/C18H17ClN4O4/c1-10-8-15(22-27-10)20-16(24)9-26-18(25)13-4-6-14(7-5-13)23-12(3)17(19)11(2)21-23/h4-8H,9H2,1-3H3,(H,20,22,24). The monoisotopic (exact) mass is 388 g/mol. The normalized spacial score (nSPS) is 10.7. The van der Waals surface area contributed by atoms with Crippen molar-refractivity contribution in [3.63, 3.8) is 0 Å². The van der Waals surface area contributed by atoms with Crippen LogP contribution in [0.4, 0.5) is 5.82 Å². The lowest BCUT2D eigenvalue weighted by atomic mass is 10.2. The van der Waals surface area contributed by atoms with Crippen molar-refractivity contribution in [1.29, 1.82) is 0 Å². The number of ether oxygens (including phenoxy) is 1. The van der Waals surface area contributed by atoms with Crippen molar-refractivity contribution in [2.24, 2.45) is 0 Å². The van der Waals surface area contributed by atoms with E-state index in [1.165, 1.54) is 0 Å². The zero-order valence-electron chi connectivity index (χ0n) is 14.9. The van der Waals surface area contributed by atoms with Gasteiger partial charge >= 0.3 is 5.97 Å². The molecule has 2 aromatic heterocycles. The van der Waals surface area contributed by atoms with Crippen molar-refractivity contribution in [2.75, 3.05) is 11.9 Å². The maximum Gasteiger partial charge on any atom is 0.338 e. The molecule has 0 unspecified atom stereocenters. The van der Waals surface area contributed by atoms with Crippen molar-refractivity contribution in [3.8, 4) is 5.69 Å². The van der Waals surface area contributed by atoms with Gasteiger partial charge in [-0.05, 0) is 45.0 Å². The molecule has 1 amide bonds. The summed E-state index contributed by atoms with van der Waals surface area (Å²) < 4.78 is 11.5. The summed E-state index contributed by atoms with van der Waals surface area (Å²) in [6.45, 7) is 4.95. The van der Waals surface area contributed by atoms with Gasteiger partial charge in [-0.25, -0.2) is 9.48 Å². The quantitative estimate of drug-likeness (QED) is 0.673. The van der Waals surface area contributed by atoms with Crippen LogP contribution < -0.4 is 5.32 Å². The van der Waals surface area contributed by atoms with Crippen LogP contribution in [0, 0.1) is 20.8 Å². The van der Waals surface area contributed by atoms with Crippen LogP contribution in [0.1, 0.15) is 27.5 Å². The molecule has 0 spiro atoms. The van der Waals surface area contributed by atoms with Gasteiger partial charge in [0.25, 0.3) is 5.91 Å². The van der Waals surface area contributed by atoms with Crippen molar-refractivity contribution in [3.05, 3.63) is 58.1 Å². The zero-order valence-corrected chi connectivity index (χ0v) is 15.7. The van der Waals surface area contributed by atoms with E-state index < -0.39 is 18.5 Å². The molecule has 2 heterocycles. The van der Waals surface area contributed by atoms with Gasteiger partial charge in [0.2, 0.25) is 0 Å². The van der Waals surface area contributed by atoms with Gasteiger partial charge in [0, 0.05) is 6.07 Å². The Morgan fingerprint density at radius 3 is 2.48 bits per heavy atom. The first-order valence-corrected chi connectivity index (χ1v) is 8.45. The molecule has 0 saturated carbocycles. The third-order valence-corrected chi connectivity index (χ3v) is 4.33. The number of nitrogens with zero attached hydrogens (tertiary/aromatic N) is 3. The maximum absolute atomic E-state index is 12.1. The summed E-state index contributed by atoms with van der Waals surface area (Å²) in [6, 6.07) is 8.21. The maximum atomic E-state index is 12.1. The second kappa shape index (κ2) is 7.63. The number of amides is 1. The van der Waals surface area contributed by atoms with Crippen LogP contribution >= 0.6 is 11.6 Å². The molecule has 0 saturated heterocycles. The molecule has 9 heteroatoms. The van der Waals surface area contributed by atoms with E-state index in [9.17, 15) is 9.59 Å². The molecule has 1 N–H and O–H groups in total. The third kappa shape index (κ3) is 4.17. The summed E-state index contributed by atoms with van der Waals surface area (Å²) in [7, 11) is 0. The molecular weight excluding hydrogens is 372 g/mol. The SMILES string of the molecule is Cc1cc(NC(=O)COC(=O)c2ccc(-n3nc(C)c(Cl)c3C)cc2)no1. The Kier molecular flexibility index (Phi) is 5.27. The first-order valence-electron chi connectivity index (χ1n) is 8.07. The van der Waals surface area contributed by atoms with Gasteiger partial charge < -0.3 is 14.6 Å². The van der Waals surface area contributed by atoms with Gasteiger partial charge in [0.05, 0.1) is 27.7 Å². The summed E-state index contributed by atoms with van der Waals surface area (Å²) in [5, 5.41) is 11.1. The number of benzene rings is 1. The van der Waals surface area contributed by atoms with Crippen LogP contribution in [0.2, 0.25) is 5.02 Å². The number of nitrogens with one attached hydrogen (secondary N) is 1. The number of esters is 1. The summed E-state index contributed by atoms with van der Waals surface area (Å²) in [5.41, 5.74) is 2.62. The Morgan fingerprint density at radius 2 is 1.93 bits per heavy atom. The molecule has 140 valence electrons. The average molecular weight is 389 g/mol. The van der Waals surface area contributed by atoms with E-state index in [1.807, 2.05) is 13.8 Å². The molecule has 0 fully saturated rings. The highest BCUT2D eigenvalue weighted by Crippen LogP contribution is 2.22. The molecule has 0 aliphatic heterocycles. The van der Waals surface area contributed by atoms with E-state index in [-0.39, 0.29) is 5.82 Å². The van der Waals surface area contributed by atoms with E-state index in [4.69, 9.17) is 20.9 Å². The minimum atomic E-state index is -0.612. The predicted octanol–water partition coefficient (Wildman–Crippen LogP) is 3.23. The Bertz CT molecular complexity index is 991. The highest BCUT2D eigenvalue weighted by atomic mass is 35.5.